The molecule has 1 saturated heterocycles. The van der Waals surface area contributed by atoms with E-state index in [-0.39, 0.29) is 12.1 Å². The van der Waals surface area contributed by atoms with Gasteiger partial charge in [-0.25, -0.2) is 4.79 Å². The van der Waals surface area contributed by atoms with Gasteiger partial charge in [-0.1, -0.05) is 24.3 Å². The first-order valence-electron chi connectivity index (χ1n) is 7.30. The predicted molar refractivity (Wildman–Crippen MR) is 86.2 cm³/mol. The molecular weight excluding hydrogens is 268 g/mol. The van der Waals surface area contributed by atoms with Crippen molar-refractivity contribution in [2.75, 3.05) is 18.8 Å². The second-order valence-corrected chi connectivity index (χ2v) is 6.91. The van der Waals surface area contributed by atoms with E-state index in [0.29, 0.717) is 5.25 Å². The first kappa shape index (κ1) is 15.2. The lowest BCUT2D eigenvalue weighted by atomic mass is 10.0. The fraction of sp³-hybridized carbons (Fsp3) is 0.562. The van der Waals surface area contributed by atoms with Crippen molar-refractivity contribution in [3.63, 3.8) is 0 Å². The summed E-state index contributed by atoms with van der Waals surface area (Å²) in [5.74, 6) is 1.00. The molecule has 1 heterocycles. The van der Waals surface area contributed by atoms with Crippen molar-refractivity contribution in [3.05, 3.63) is 35.4 Å². The molecule has 0 bridgehead atoms. The van der Waals surface area contributed by atoms with Gasteiger partial charge in [-0.3, -0.25) is 0 Å². The molecule has 3 nitrogen and oxygen atoms in total. The molecule has 1 fully saturated rings. The van der Waals surface area contributed by atoms with Crippen molar-refractivity contribution in [2.45, 2.75) is 38.5 Å². The zero-order chi connectivity index (χ0) is 14.5. The number of carbonyl (C=O) groups excluding carboxylic acids is 1. The highest BCUT2D eigenvalue weighted by Gasteiger charge is 2.22. The van der Waals surface area contributed by atoms with Crippen molar-refractivity contribution in [3.8, 4) is 0 Å². The predicted octanol–water partition coefficient (Wildman–Crippen LogP) is 3.59. The van der Waals surface area contributed by atoms with Crippen molar-refractivity contribution < 1.29 is 4.79 Å². The van der Waals surface area contributed by atoms with Crippen LogP contribution >= 0.6 is 11.8 Å². The van der Waals surface area contributed by atoms with Gasteiger partial charge in [0.15, 0.2) is 0 Å². The molecule has 0 aliphatic carbocycles. The number of thioether (sulfide) groups is 1. The van der Waals surface area contributed by atoms with Crippen LogP contribution in [0.5, 0.6) is 0 Å². The van der Waals surface area contributed by atoms with Gasteiger partial charge >= 0.3 is 6.03 Å². The average molecular weight is 292 g/mol. The SMILES string of the molecule is Cc1ccccc1C1CCN(C(=O)NC(C)C)CCS1. The molecule has 4 heteroatoms. The number of aryl methyl sites for hydroxylation is 1. The first-order chi connectivity index (χ1) is 9.58. The van der Waals surface area contributed by atoms with E-state index >= 15 is 0 Å². The number of hydrogen-bond donors (Lipinski definition) is 1. The van der Waals surface area contributed by atoms with Crippen LogP contribution in [0, 0.1) is 6.92 Å². The highest BCUT2D eigenvalue weighted by atomic mass is 32.2. The van der Waals surface area contributed by atoms with Gasteiger partial charge in [0.05, 0.1) is 0 Å². The van der Waals surface area contributed by atoms with E-state index in [0.717, 1.165) is 25.3 Å². The maximum Gasteiger partial charge on any atom is 0.317 e. The van der Waals surface area contributed by atoms with E-state index in [1.807, 2.05) is 30.5 Å². The second-order valence-electron chi connectivity index (χ2n) is 5.60. The first-order valence-corrected chi connectivity index (χ1v) is 8.35. The maximum absolute atomic E-state index is 12.1. The Kier molecular flexibility index (Phi) is 5.35. The zero-order valence-corrected chi connectivity index (χ0v) is 13.4. The molecular formula is C16H24N2OS. The van der Waals surface area contributed by atoms with Gasteiger partial charge in [0, 0.05) is 30.1 Å². The third kappa shape index (κ3) is 3.92. The molecule has 1 aromatic carbocycles. The van der Waals surface area contributed by atoms with Crippen LogP contribution in [0.1, 0.15) is 36.6 Å². The molecule has 0 saturated carbocycles. The average Bonchev–Trinajstić information content (AvgIpc) is 2.64. The summed E-state index contributed by atoms with van der Waals surface area (Å²) in [6.07, 6.45) is 1.03. The summed E-state index contributed by atoms with van der Waals surface area (Å²) >= 11 is 1.97. The van der Waals surface area contributed by atoms with E-state index in [2.05, 4.69) is 36.5 Å². The lowest BCUT2D eigenvalue weighted by Crippen LogP contribution is -2.43. The highest BCUT2D eigenvalue weighted by Crippen LogP contribution is 2.35. The van der Waals surface area contributed by atoms with Crippen LogP contribution in [-0.4, -0.2) is 35.8 Å². The zero-order valence-electron chi connectivity index (χ0n) is 12.6. The Hall–Kier alpha value is -1.16. The van der Waals surface area contributed by atoms with Crippen molar-refractivity contribution in [2.24, 2.45) is 0 Å². The van der Waals surface area contributed by atoms with E-state index < -0.39 is 0 Å². The summed E-state index contributed by atoms with van der Waals surface area (Å²) in [6, 6.07) is 8.86. The Balaban J connectivity index is 1.99. The van der Waals surface area contributed by atoms with Crippen molar-refractivity contribution in [1.82, 2.24) is 10.2 Å². The van der Waals surface area contributed by atoms with Gasteiger partial charge in [-0.05, 0) is 38.3 Å². The van der Waals surface area contributed by atoms with E-state index in [9.17, 15) is 4.79 Å². The van der Waals surface area contributed by atoms with Crippen LogP contribution in [0.15, 0.2) is 24.3 Å². The highest BCUT2D eigenvalue weighted by molar-refractivity contribution is 7.99. The van der Waals surface area contributed by atoms with Crippen LogP contribution in [0.4, 0.5) is 4.79 Å². The molecule has 1 atom stereocenters. The molecule has 1 aliphatic rings. The molecule has 0 spiro atoms. The summed E-state index contributed by atoms with van der Waals surface area (Å²) in [4.78, 5) is 14.0. The van der Waals surface area contributed by atoms with E-state index in [1.54, 1.807) is 0 Å². The fourth-order valence-corrected chi connectivity index (χ4v) is 3.83. The lowest BCUT2D eigenvalue weighted by Gasteiger charge is -2.22. The molecule has 1 aliphatic heterocycles. The molecule has 1 N–H and O–H groups in total. The molecule has 0 radical (unpaired) electrons. The quantitative estimate of drug-likeness (QED) is 0.903. The van der Waals surface area contributed by atoms with Crippen LogP contribution in [0.3, 0.4) is 0 Å². The van der Waals surface area contributed by atoms with Gasteiger partial charge in [0.2, 0.25) is 0 Å². The molecule has 110 valence electrons. The number of nitrogens with zero attached hydrogens (tertiary/aromatic N) is 1. The van der Waals surface area contributed by atoms with Gasteiger partial charge in [-0.2, -0.15) is 11.8 Å². The van der Waals surface area contributed by atoms with Crippen LogP contribution in [0.2, 0.25) is 0 Å². The number of benzene rings is 1. The summed E-state index contributed by atoms with van der Waals surface area (Å²) in [5, 5.41) is 3.49. The Morgan fingerprint density at radius 3 is 2.80 bits per heavy atom. The Morgan fingerprint density at radius 2 is 2.10 bits per heavy atom. The van der Waals surface area contributed by atoms with Crippen molar-refractivity contribution in [1.29, 1.82) is 0 Å². The third-order valence-electron chi connectivity index (χ3n) is 3.58. The number of nitrogens with one attached hydrogen (secondary N) is 1. The van der Waals surface area contributed by atoms with Crippen LogP contribution < -0.4 is 5.32 Å². The summed E-state index contributed by atoms with van der Waals surface area (Å²) < 4.78 is 0. The molecule has 20 heavy (non-hydrogen) atoms. The Morgan fingerprint density at radius 1 is 1.35 bits per heavy atom. The van der Waals surface area contributed by atoms with E-state index in [4.69, 9.17) is 0 Å². The lowest BCUT2D eigenvalue weighted by molar-refractivity contribution is 0.198. The minimum atomic E-state index is 0.0750. The van der Waals surface area contributed by atoms with E-state index in [1.165, 1.54) is 11.1 Å². The molecule has 2 rings (SSSR count). The Bertz CT molecular complexity index is 462. The Labute approximate surface area is 126 Å². The number of urea groups is 1. The summed E-state index contributed by atoms with van der Waals surface area (Å²) in [6.45, 7) is 7.85. The minimum Gasteiger partial charge on any atom is -0.336 e. The maximum atomic E-state index is 12.1. The molecule has 2 amide bonds. The van der Waals surface area contributed by atoms with Crippen LogP contribution in [0.25, 0.3) is 0 Å². The topological polar surface area (TPSA) is 32.3 Å². The van der Waals surface area contributed by atoms with Crippen molar-refractivity contribution >= 4 is 17.8 Å². The van der Waals surface area contributed by atoms with Gasteiger partial charge in [0.25, 0.3) is 0 Å². The number of rotatable bonds is 2. The summed E-state index contributed by atoms with van der Waals surface area (Å²) in [7, 11) is 0. The van der Waals surface area contributed by atoms with Gasteiger partial charge < -0.3 is 10.2 Å². The number of carbonyl (C=O) groups is 1. The van der Waals surface area contributed by atoms with Gasteiger partial charge in [-0.15, -0.1) is 0 Å². The smallest absolute Gasteiger partial charge is 0.317 e. The normalized spacial score (nSPS) is 19.8. The van der Waals surface area contributed by atoms with Crippen LogP contribution in [-0.2, 0) is 0 Å². The second kappa shape index (κ2) is 7.02. The summed E-state index contributed by atoms with van der Waals surface area (Å²) in [5.41, 5.74) is 2.77. The van der Waals surface area contributed by atoms with Gasteiger partial charge in [0.1, 0.15) is 0 Å². The number of amides is 2. The minimum absolute atomic E-state index is 0.0750. The molecule has 1 unspecified atom stereocenters. The monoisotopic (exact) mass is 292 g/mol. The standard InChI is InChI=1S/C16H24N2OS/c1-12(2)17-16(19)18-9-8-15(20-11-10-18)14-7-5-4-6-13(14)3/h4-7,12,15H,8-11H2,1-3H3,(H,17,19). The molecule has 1 aromatic rings. The number of hydrogen-bond acceptors (Lipinski definition) is 2. The molecule has 0 aromatic heterocycles. The largest absolute Gasteiger partial charge is 0.336 e. The third-order valence-corrected chi connectivity index (χ3v) is 4.89. The fourth-order valence-electron chi connectivity index (χ4n) is 2.51.